The lowest BCUT2D eigenvalue weighted by Gasteiger charge is -2.42. The van der Waals surface area contributed by atoms with Gasteiger partial charge in [-0.05, 0) is 35.8 Å². The Hall–Kier alpha value is -1.18. The molecule has 1 aromatic heterocycles. The second-order valence-electron chi connectivity index (χ2n) is 5.45. The van der Waals surface area contributed by atoms with Gasteiger partial charge in [0.25, 0.3) is 5.91 Å². The number of nitrogens with two attached hydrogens (primary N) is 1. The van der Waals surface area contributed by atoms with Crippen molar-refractivity contribution in [2.75, 3.05) is 25.4 Å². The number of ether oxygens (including phenoxy) is 1. The number of aliphatic hydroxyl groups excluding tert-OH is 1. The average Bonchev–Trinajstić information content (AvgIpc) is 2.38. The SMILES string of the molecule is CC1(C)CN(C(=O)c2cc(Br)cnc2N)CC(CO)O1. The van der Waals surface area contributed by atoms with Crippen LogP contribution in [0.3, 0.4) is 0 Å². The molecule has 1 aromatic rings. The van der Waals surface area contributed by atoms with Crippen LogP contribution in [-0.4, -0.2) is 52.3 Å². The third-order valence-electron chi connectivity index (χ3n) is 3.09. The largest absolute Gasteiger partial charge is 0.394 e. The van der Waals surface area contributed by atoms with Gasteiger partial charge >= 0.3 is 0 Å². The Kier molecular flexibility index (Phi) is 4.31. The average molecular weight is 344 g/mol. The predicted octanol–water partition coefficient (Wildman–Crippen LogP) is 1.04. The lowest BCUT2D eigenvalue weighted by Crippen LogP contribution is -2.55. The summed E-state index contributed by atoms with van der Waals surface area (Å²) in [5.74, 6) is -0.00540. The van der Waals surface area contributed by atoms with Crippen molar-refractivity contribution < 1.29 is 14.6 Å². The monoisotopic (exact) mass is 343 g/mol. The molecule has 2 heterocycles. The first-order chi connectivity index (χ1) is 9.32. The molecule has 0 radical (unpaired) electrons. The van der Waals surface area contributed by atoms with Crippen molar-refractivity contribution in [2.45, 2.75) is 25.6 Å². The molecule has 0 aliphatic carbocycles. The maximum Gasteiger partial charge on any atom is 0.257 e. The van der Waals surface area contributed by atoms with E-state index < -0.39 is 5.60 Å². The van der Waals surface area contributed by atoms with Crippen molar-refractivity contribution in [3.8, 4) is 0 Å². The standard InChI is InChI=1S/C13H18BrN3O3/c1-13(2)7-17(5-9(6-18)20-13)12(19)10-3-8(14)4-16-11(10)15/h3-4,9,18H,5-7H2,1-2H3,(H2,15,16). The Balaban J connectivity index is 2.25. The minimum atomic E-state index is -0.504. The molecule has 1 atom stereocenters. The van der Waals surface area contributed by atoms with E-state index >= 15 is 0 Å². The molecule has 6 nitrogen and oxygen atoms in total. The highest BCUT2D eigenvalue weighted by Crippen LogP contribution is 2.24. The zero-order valence-corrected chi connectivity index (χ0v) is 13.1. The summed E-state index contributed by atoms with van der Waals surface area (Å²) in [4.78, 5) is 18.2. The first-order valence-corrected chi connectivity index (χ1v) is 7.10. The molecule has 1 aliphatic rings. The summed E-state index contributed by atoms with van der Waals surface area (Å²) >= 11 is 3.28. The Morgan fingerprint density at radius 1 is 1.70 bits per heavy atom. The molecule has 20 heavy (non-hydrogen) atoms. The van der Waals surface area contributed by atoms with Crippen molar-refractivity contribution in [3.63, 3.8) is 0 Å². The fourth-order valence-electron chi connectivity index (χ4n) is 2.34. The molecule has 1 amide bonds. The number of hydrogen-bond acceptors (Lipinski definition) is 5. The van der Waals surface area contributed by atoms with Gasteiger partial charge in [0.05, 0.1) is 23.9 Å². The third kappa shape index (κ3) is 3.28. The minimum absolute atomic E-state index is 0.126. The van der Waals surface area contributed by atoms with E-state index in [-0.39, 0.29) is 24.4 Å². The normalized spacial score (nSPS) is 21.8. The van der Waals surface area contributed by atoms with E-state index in [4.69, 9.17) is 10.5 Å². The van der Waals surface area contributed by atoms with Crippen LogP contribution >= 0.6 is 15.9 Å². The van der Waals surface area contributed by atoms with Crippen LogP contribution < -0.4 is 5.73 Å². The van der Waals surface area contributed by atoms with Crippen LogP contribution in [0.5, 0.6) is 0 Å². The Labute approximate surface area is 126 Å². The number of amides is 1. The number of pyridine rings is 1. The van der Waals surface area contributed by atoms with Crippen molar-refractivity contribution in [1.29, 1.82) is 0 Å². The maximum absolute atomic E-state index is 12.6. The number of morpholine rings is 1. The first-order valence-electron chi connectivity index (χ1n) is 6.31. The van der Waals surface area contributed by atoms with Crippen LogP contribution in [0.15, 0.2) is 16.7 Å². The minimum Gasteiger partial charge on any atom is -0.394 e. The molecule has 0 saturated carbocycles. The van der Waals surface area contributed by atoms with Gasteiger partial charge in [0, 0.05) is 23.8 Å². The molecular formula is C13H18BrN3O3. The van der Waals surface area contributed by atoms with Crippen molar-refractivity contribution in [1.82, 2.24) is 9.88 Å². The molecule has 0 spiro atoms. The van der Waals surface area contributed by atoms with Gasteiger partial charge in [0.15, 0.2) is 0 Å². The van der Waals surface area contributed by atoms with Gasteiger partial charge in [-0.25, -0.2) is 4.98 Å². The topological polar surface area (TPSA) is 88.7 Å². The lowest BCUT2D eigenvalue weighted by molar-refractivity contribution is -0.139. The van der Waals surface area contributed by atoms with Gasteiger partial charge in [-0.1, -0.05) is 0 Å². The second-order valence-corrected chi connectivity index (χ2v) is 6.37. The smallest absolute Gasteiger partial charge is 0.257 e. The first kappa shape index (κ1) is 15.2. The fraction of sp³-hybridized carbons (Fsp3) is 0.538. The molecule has 0 bridgehead atoms. The number of rotatable bonds is 2. The number of anilines is 1. The number of carbonyl (C=O) groups excluding carboxylic acids is 1. The second kappa shape index (κ2) is 5.67. The molecular weight excluding hydrogens is 326 g/mol. The van der Waals surface area contributed by atoms with Crippen molar-refractivity contribution in [2.24, 2.45) is 0 Å². The number of hydrogen-bond donors (Lipinski definition) is 2. The summed E-state index contributed by atoms with van der Waals surface area (Å²) in [5.41, 5.74) is 5.62. The number of carbonyl (C=O) groups is 1. The molecule has 1 saturated heterocycles. The maximum atomic E-state index is 12.6. The Morgan fingerprint density at radius 3 is 3.05 bits per heavy atom. The summed E-state index contributed by atoms with van der Waals surface area (Å²) in [6.07, 6.45) is 1.16. The van der Waals surface area contributed by atoms with E-state index in [0.717, 1.165) is 0 Å². The van der Waals surface area contributed by atoms with Crippen LogP contribution in [0.1, 0.15) is 24.2 Å². The van der Waals surface area contributed by atoms with E-state index in [1.54, 1.807) is 17.2 Å². The van der Waals surface area contributed by atoms with Gasteiger partial charge in [0.2, 0.25) is 0 Å². The molecule has 1 fully saturated rings. The molecule has 110 valence electrons. The summed E-state index contributed by atoms with van der Waals surface area (Å²) in [7, 11) is 0. The van der Waals surface area contributed by atoms with Gasteiger partial charge in [0.1, 0.15) is 5.82 Å². The zero-order chi connectivity index (χ0) is 14.9. The van der Waals surface area contributed by atoms with Crippen LogP contribution in [-0.2, 0) is 4.74 Å². The third-order valence-corrected chi connectivity index (χ3v) is 3.52. The number of nitrogen functional groups attached to an aromatic ring is 1. The molecule has 1 aliphatic heterocycles. The summed E-state index contributed by atoms with van der Waals surface area (Å²) < 4.78 is 6.39. The summed E-state index contributed by atoms with van der Waals surface area (Å²) in [6.45, 7) is 4.42. The number of aliphatic hydroxyl groups is 1. The van der Waals surface area contributed by atoms with Crippen LogP contribution in [0.2, 0.25) is 0 Å². The van der Waals surface area contributed by atoms with Gasteiger partial charge in [-0.3, -0.25) is 4.79 Å². The van der Waals surface area contributed by atoms with E-state index in [9.17, 15) is 9.90 Å². The lowest BCUT2D eigenvalue weighted by atomic mass is 10.0. The van der Waals surface area contributed by atoms with E-state index in [2.05, 4.69) is 20.9 Å². The number of halogens is 1. The molecule has 1 unspecified atom stereocenters. The van der Waals surface area contributed by atoms with Crippen LogP contribution in [0.4, 0.5) is 5.82 Å². The quantitative estimate of drug-likeness (QED) is 0.837. The van der Waals surface area contributed by atoms with Gasteiger partial charge < -0.3 is 20.5 Å². The van der Waals surface area contributed by atoms with E-state index in [0.29, 0.717) is 23.1 Å². The predicted molar refractivity (Wildman–Crippen MR) is 78.3 cm³/mol. The van der Waals surface area contributed by atoms with Gasteiger partial charge in [-0.2, -0.15) is 0 Å². The van der Waals surface area contributed by atoms with Crippen LogP contribution in [0.25, 0.3) is 0 Å². The number of aromatic nitrogens is 1. The van der Waals surface area contributed by atoms with Gasteiger partial charge in [-0.15, -0.1) is 0 Å². The highest BCUT2D eigenvalue weighted by atomic mass is 79.9. The van der Waals surface area contributed by atoms with E-state index in [1.807, 2.05) is 13.8 Å². The fourth-order valence-corrected chi connectivity index (χ4v) is 2.67. The molecule has 3 N–H and O–H groups in total. The molecule has 2 rings (SSSR count). The summed E-state index contributed by atoms with van der Waals surface area (Å²) in [5, 5.41) is 9.28. The van der Waals surface area contributed by atoms with Crippen LogP contribution in [0, 0.1) is 0 Å². The highest BCUT2D eigenvalue weighted by Gasteiger charge is 2.36. The highest BCUT2D eigenvalue weighted by molar-refractivity contribution is 9.10. The molecule has 7 heteroatoms. The number of nitrogens with zero attached hydrogens (tertiary/aromatic N) is 2. The Morgan fingerprint density at radius 2 is 2.40 bits per heavy atom. The molecule has 0 aromatic carbocycles. The zero-order valence-electron chi connectivity index (χ0n) is 11.5. The summed E-state index contributed by atoms with van der Waals surface area (Å²) in [6, 6.07) is 1.65. The van der Waals surface area contributed by atoms with Crippen molar-refractivity contribution >= 4 is 27.7 Å². The van der Waals surface area contributed by atoms with E-state index in [1.165, 1.54) is 0 Å². The van der Waals surface area contributed by atoms with Crippen molar-refractivity contribution in [3.05, 3.63) is 22.3 Å². The Bertz CT molecular complexity index is 522.